The summed E-state index contributed by atoms with van der Waals surface area (Å²) in [4.78, 5) is 10.8. The first-order valence-corrected chi connectivity index (χ1v) is 6.22. The lowest BCUT2D eigenvalue weighted by atomic mass is 10.1. The van der Waals surface area contributed by atoms with Crippen molar-refractivity contribution in [2.75, 3.05) is 5.32 Å². The van der Waals surface area contributed by atoms with Crippen LogP contribution in [0.1, 0.15) is 21.5 Å². The SMILES string of the molecule is N=NC(=N)c1cccc(NCc2ccc(C(=O)O)cc2)c1. The summed E-state index contributed by atoms with van der Waals surface area (Å²) in [5.41, 5.74) is 9.42. The van der Waals surface area contributed by atoms with Gasteiger partial charge >= 0.3 is 5.97 Å². The topological polar surface area (TPSA) is 109 Å². The highest BCUT2D eigenvalue weighted by Crippen LogP contribution is 2.13. The van der Waals surface area contributed by atoms with Gasteiger partial charge < -0.3 is 10.4 Å². The number of hydrogen-bond donors (Lipinski definition) is 4. The lowest BCUT2D eigenvalue weighted by Gasteiger charge is -2.08. The van der Waals surface area contributed by atoms with E-state index in [-0.39, 0.29) is 11.4 Å². The minimum Gasteiger partial charge on any atom is -0.478 e. The standard InChI is InChI=1S/C15H14N4O2/c16-14(19-17)12-2-1-3-13(8-12)18-9-10-4-6-11(7-5-10)15(20)21/h1-8,16-18H,9H2,(H,20,21). The minimum absolute atomic E-state index is 0.0931. The number of nitrogens with one attached hydrogen (secondary N) is 3. The van der Waals surface area contributed by atoms with E-state index in [9.17, 15) is 4.79 Å². The Morgan fingerprint density at radius 2 is 1.86 bits per heavy atom. The van der Waals surface area contributed by atoms with Crippen LogP contribution in [0.4, 0.5) is 5.69 Å². The average molecular weight is 282 g/mol. The zero-order chi connectivity index (χ0) is 15.2. The molecule has 0 aliphatic carbocycles. The third kappa shape index (κ3) is 3.73. The molecule has 0 bridgehead atoms. The van der Waals surface area contributed by atoms with Crippen molar-refractivity contribution in [2.45, 2.75) is 6.54 Å². The van der Waals surface area contributed by atoms with Crippen LogP contribution in [0.3, 0.4) is 0 Å². The van der Waals surface area contributed by atoms with E-state index >= 15 is 0 Å². The second kappa shape index (κ2) is 6.42. The summed E-state index contributed by atoms with van der Waals surface area (Å²) in [6.45, 7) is 0.536. The smallest absolute Gasteiger partial charge is 0.335 e. The summed E-state index contributed by atoms with van der Waals surface area (Å²) in [5, 5.41) is 22.6. The quantitative estimate of drug-likeness (QED) is 0.383. The minimum atomic E-state index is -0.945. The molecular formula is C15H14N4O2. The van der Waals surface area contributed by atoms with Gasteiger partial charge in [0.25, 0.3) is 0 Å². The van der Waals surface area contributed by atoms with Gasteiger partial charge in [-0.3, -0.25) is 5.41 Å². The molecule has 0 atom stereocenters. The number of carboxylic acid groups (broad SMARTS) is 1. The van der Waals surface area contributed by atoms with Crippen LogP contribution in [0.5, 0.6) is 0 Å². The lowest BCUT2D eigenvalue weighted by molar-refractivity contribution is 0.0697. The number of carboxylic acids is 1. The lowest BCUT2D eigenvalue weighted by Crippen LogP contribution is -2.02. The summed E-state index contributed by atoms with van der Waals surface area (Å²) in [6.07, 6.45) is 0. The van der Waals surface area contributed by atoms with Crippen LogP contribution in [0.15, 0.2) is 53.6 Å². The number of aromatic carboxylic acids is 1. The molecule has 0 aliphatic rings. The number of benzene rings is 2. The first kappa shape index (κ1) is 14.4. The predicted octanol–water partition coefficient (Wildman–Crippen LogP) is 3.35. The van der Waals surface area contributed by atoms with Crippen molar-refractivity contribution >= 4 is 17.5 Å². The van der Waals surface area contributed by atoms with E-state index in [1.807, 2.05) is 6.07 Å². The molecule has 0 unspecified atom stereocenters. The molecular weight excluding hydrogens is 268 g/mol. The highest BCUT2D eigenvalue weighted by atomic mass is 16.4. The molecule has 0 radical (unpaired) electrons. The van der Waals surface area contributed by atoms with Crippen LogP contribution in [-0.2, 0) is 6.54 Å². The van der Waals surface area contributed by atoms with E-state index in [2.05, 4.69) is 10.4 Å². The summed E-state index contributed by atoms with van der Waals surface area (Å²) >= 11 is 0. The molecule has 6 nitrogen and oxygen atoms in total. The van der Waals surface area contributed by atoms with E-state index in [1.165, 1.54) is 0 Å². The Morgan fingerprint density at radius 3 is 2.48 bits per heavy atom. The maximum Gasteiger partial charge on any atom is 0.335 e. The van der Waals surface area contributed by atoms with Crippen molar-refractivity contribution in [3.63, 3.8) is 0 Å². The Bertz CT molecular complexity index is 680. The van der Waals surface area contributed by atoms with Crippen LogP contribution in [-0.4, -0.2) is 16.9 Å². The van der Waals surface area contributed by atoms with Crippen molar-refractivity contribution in [3.05, 3.63) is 65.2 Å². The molecule has 0 heterocycles. The molecule has 0 aliphatic heterocycles. The molecule has 0 saturated heterocycles. The van der Waals surface area contributed by atoms with E-state index in [4.69, 9.17) is 16.0 Å². The summed E-state index contributed by atoms with van der Waals surface area (Å²) in [5.74, 6) is -1.04. The highest BCUT2D eigenvalue weighted by Gasteiger charge is 2.03. The van der Waals surface area contributed by atoms with Crippen LogP contribution in [0.2, 0.25) is 0 Å². The number of carbonyl (C=O) groups is 1. The van der Waals surface area contributed by atoms with Gasteiger partial charge in [0.1, 0.15) is 0 Å². The van der Waals surface area contributed by atoms with Gasteiger partial charge in [0, 0.05) is 17.8 Å². The molecule has 0 amide bonds. The summed E-state index contributed by atoms with van der Waals surface area (Å²) < 4.78 is 0. The maximum absolute atomic E-state index is 10.8. The van der Waals surface area contributed by atoms with Gasteiger partial charge in [-0.2, -0.15) is 0 Å². The Labute approximate surface area is 121 Å². The number of amidine groups is 1. The molecule has 2 aromatic carbocycles. The van der Waals surface area contributed by atoms with Crippen molar-refractivity contribution in [1.82, 2.24) is 0 Å². The van der Waals surface area contributed by atoms with Gasteiger partial charge in [-0.15, -0.1) is 5.11 Å². The van der Waals surface area contributed by atoms with Crippen LogP contribution in [0, 0.1) is 10.9 Å². The van der Waals surface area contributed by atoms with Crippen molar-refractivity contribution in [2.24, 2.45) is 5.11 Å². The number of nitrogens with zero attached hydrogens (tertiary/aromatic N) is 1. The van der Waals surface area contributed by atoms with Crippen molar-refractivity contribution in [1.29, 1.82) is 10.9 Å². The Balaban J connectivity index is 2.04. The molecule has 21 heavy (non-hydrogen) atoms. The van der Waals surface area contributed by atoms with Crippen molar-refractivity contribution in [3.8, 4) is 0 Å². The van der Waals surface area contributed by atoms with Crippen LogP contribution in [0.25, 0.3) is 0 Å². The molecule has 0 saturated carbocycles. The second-order valence-electron chi connectivity index (χ2n) is 4.40. The maximum atomic E-state index is 10.8. The molecule has 2 aromatic rings. The molecule has 2 rings (SSSR count). The first-order valence-electron chi connectivity index (χ1n) is 6.22. The molecule has 0 aromatic heterocycles. The van der Waals surface area contributed by atoms with E-state index < -0.39 is 5.97 Å². The van der Waals surface area contributed by atoms with E-state index in [0.717, 1.165) is 11.3 Å². The van der Waals surface area contributed by atoms with Gasteiger partial charge in [0.15, 0.2) is 5.84 Å². The summed E-state index contributed by atoms with van der Waals surface area (Å²) in [7, 11) is 0. The van der Waals surface area contributed by atoms with Gasteiger partial charge in [0.2, 0.25) is 0 Å². The zero-order valence-electron chi connectivity index (χ0n) is 11.1. The molecule has 106 valence electrons. The fraction of sp³-hybridized carbons (Fsp3) is 0.0667. The highest BCUT2D eigenvalue weighted by molar-refractivity contribution is 5.97. The number of rotatable bonds is 5. The Kier molecular flexibility index (Phi) is 4.40. The molecule has 6 heteroatoms. The average Bonchev–Trinajstić information content (AvgIpc) is 2.52. The normalized spacial score (nSPS) is 9.90. The van der Waals surface area contributed by atoms with E-state index in [0.29, 0.717) is 12.1 Å². The van der Waals surface area contributed by atoms with E-state index in [1.54, 1.807) is 42.5 Å². The largest absolute Gasteiger partial charge is 0.478 e. The summed E-state index contributed by atoms with van der Waals surface area (Å²) in [6, 6.07) is 13.7. The number of hydrogen-bond acceptors (Lipinski definition) is 4. The van der Waals surface area contributed by atoms with Gasteiger partial charge in [0.05, 0.1) is 5.56 Å². The number of anilines is 1. The van der Waals surface area contributed by atoms with Crippen molar-refractivity contribution < 1.29 is 9.90 Å². The third-order valence-electron chi connectivity index (χ3n) is 2.95. The molecule has 0 fully saturated rings. The first-order chi connectivity index (χ1) is 10.1. The zero-order valence-corrected chi connectivity index (χ0v) is 11.1. The van der Waals surface area contributed by atoms with Crippen LogP contribution < -0.4 is 5.32 Å². The molecule has 4 N–H and O–H groups in total. The Hall–Kier alpha value is -3.02. The van der Waals surface area contributed by atoms with Gasteiger partial charge in [-0.25, -0.2) is 10.3 Å². The fourth-order valence-corrected chi connectivity index (χ4v) is 1.81. The Morgan fingerprint density at radius 1 is 1.14 bits per heavy atom. The van der Waals surface area contributed by atoms with Gasteiger partial charge in [-0.05, 0) is 29.8 Å². The second-order valence-corrected chi connectivity index (χ2v) is 4.40. The predicted molar refractivity (Wildman–Crippen MR) is 79.1 cm³/mol. The third-order valence-corrected chi connectivity index (χ3v) is 2.95. The monoisotopic (exact) mass is 282 g/mol. The molecule has 0 spiro atoms. The fourth-order valence-electron chi connectivity index (χ4n) is 1.81. The van der Waals surface area contributed by atoms with Crippen LogP contribution >= 0.6 is 0 Å². The van der Waals surface area contributed by atoms with Gasteiger partial charge in [-0.1, -0.05) is 24.3 Å².